The number of amides is 2. The van der Waals surface area contributed by atoms with Crippen molar-refractivity contribution >= 4 is 23.6 Å². The Balaban J connectivity index is 1.92. The van der Waals surface area contributed by atoms with Crippen LogP contribution in [0.3, 0.4) is 0 Å². The minimum absolute atomic E-state index is 0.0128. The van der Waals surface area contributed by atoms with Gasteiger partial charge in [-0.1, -0.05) is 30.3 Å². The topological polar surface area (TPSA) is 67.4 Å². The van der Waals surface area contributed by atoms with Gasteiger partial charge in [0, 0.05) is 30.8 Å². The predicted octanol–water partition coefficient (Wildman–Crippen LogP) is 3.03. The van der Waals surface area contributed by atoms with Crippen LogP contribution >= 0.6 is 0 Å². The number of methoxy groups -OCH3 is 1. The molecule has 0 unspecified atom stereocenters. The maximum atomic E-state index is 12.0. The number of hydrogen-bond acceptors (Lipinski definition) is 3. The third-order valence-corrected chi connectivity index (χ3v) is 3.69. The third-order valence-electron chi connectivity index (χ3n) is 3.69. The highest BCUT2D eigenvalue weighted by Gasteiger charge is 2.02. The van der Waals surface area contributed by atoms with Crippen LogP contribution in [0.25, 0.3) is 6.08 Å². The zero-order valence-corrected chi connectivity index (χ0v) is 14.4. The van der Waals surface area contributed by atoms with Crippen molar-refractivity contribution in [2.24, 2.45) is 0 Å². The summed E-state index contributed by atoms with van der Waals surface area (Å²) in [5, 5.41) is 5.40. The van der Waals surface area contributed by atoms with Crippen molar-refractivity contribution in [2.75, 3.05) is 19.5 Å². The molecule has 0 saturated heterocycles. The van der Waals surface area contributed by atoms with E-state index >= 15 is 0 Å². The van der Waals surface area contributed by atoms with E-state index in [2.05, 4.69) is 10.6 Å². The van der Waals surface area contributed by atoms with Crippen LogP contribution in [-0.2, 0) is 16.0 Å². The Morgan fingerprint density at radius 2 is 1.80 bits per heavy atom. The Kier molecular flexibility index (Phi) is 6.77. The van der Waals surface area contributed by atoms with Gasteiger partial charge in [0.2, 0.25) is 11.8 Å². The van der Waals surface area contributed by atoms with Gasteiger partial charge in [0.25, 0.3) is 0 Å². The Morgan fingerprint density at radius 3 is 2.48 bits per heavy atom. The molecule has 2 N–H and O–H groups in total. The van der Waals surface area contributed by atoms with Gasteiger partial charge in [-0.15, -0.1) is 0 Å². The van der Waals surface area contributed by atoms with Crippen molar-refractivity contribution in [3.05, 3.63) is 65.7 Å². The van der Waals surface area contributed by atoms with Crippen molar-refractivity contribution in [1.29, 1.82) is 0 Å². The molecule has 0 aliphatic carbocycles. The van der Waals surface area contributed by atoms with Gasteiger partial charge in [-0.3, -0.25) is 9.59 Å². The summed E-state index contributed by atoms with van der Waals surface area (Å²) in [7, 11) is 3.22. The molecular weight excluding hydrogens is 316 g/mol. The normalized spacial score (nSPS) is 10.5. The van der Waals surface area contributed by atoms with Crippen molar-refractivity contribution in [1.82, 2.24) is 5.32 Å². The van der Waals surface area contributed by atoms with E-state index in [1.807, 2.05) is 48.5 Å². The molecule has 0 fully saturated rings. The highest BCUT2D eigenvalue weighted by Crippen LogP contribution is 2.18. The molecule has 0 aromatic heterocycles. The minimum atomic E-state index is -0.219. The quantitative estimate of drug-likeness (QED) is 0.763. The fraction of sp³-hybridized carbons (Fsp3) is 0.200. The van der Waals surface area contributed by atoms with E-state index in [0.717, 1.165) is 11.1 Å². The Labute approximate surface area is 147 Å². The van der Waals surface area contributed by atoms with Crippen LogP contribution in [0.1, 0.15) is 17.5 Å². The molecular formula is C20H22N2O3. The summed E-state index contributed by atoms with van der Waals surface area (Å²) in [5.41, 5.74) is 2.59. The Hall–Kier alpha value is -3.08. The Bertz CT molecular complexity index is 752. The summed E-state index contributed by atoms with van der Waals surface area (Å²) in [6.07, 6.45) is 4.30. The summed E-state index contributed by atoms with van der Waals surface area (Å²) >= 11 is 0. The lowest BCUT2D eigenvalue weighted by atomic mass is 10.1. The molecule has 130 valence electrons. The maximum absolute atomic E-state index is 12.0. The van der Waals surface area contributed by atoms with Crippen LogP contribution in [0.2, 0.25) is 0 Å². The molecule has 5 heteroatoms. The first-order valence-corrected chi connectivity index (χ1v) is 8.04. The second kappa shape index (κ2) is 9.27. The van der Waals surface area contributed by atoms with Crippen molar-refractivity contribution in [2.45, 2.75) is 12.8 Å². The number of rotatable bonds is 7. The van der Waals surface area contributed by atoms with E-state index in [1.54, 1.807) is 20.2 Å². The van der Waals surface area contributed by atoms with Gasteiger partial charge in [-0.25, -0.2) is 0 Å². The molecule has 2 aromatic rings. The fourth-order valence-corrected chi connectivity index (χ4v) is 2.29. The van der Waals surface area contributed by atoms with Gasteiger partial charge in [-0.05, 0) is 36.3 Å². The summed E-state index contributed by atoms with van der Waals surface area (Å²) in [5.74, 6) is 0.509. The standard InChI is InChI=1S/C20H22N2O3/c1-21-19(23)13-9-15-7-11-17(12-8-15)22-20(24)14-10-16-5-3-4-6-18(16)25-2/h3-8,10-12,14H,9,13H2,1-2H3,(H,21,23)(H,22,24)/b14-10+. The largest absolute Gasteiger partial charge is 0.496 e. The number of aryl methyl sites for hydroxylation is 1. The Morgan fingerprint density at radius 1 is 1.08 bits per heavy atom. The van der Waals surface area contributed by atoms with Crippen molar-refractivity contribution in [3.63, 3.8) is 0 Å². The zero-order chi connectivity index (χ0) is 18.1. The van der Waals surface area contributed by atoms with Crippen LogP contribution in [0.15, 0.2) is 54.6 Å². The van der Waals surface area contributed by atoms with E-state index in [-0.39, 0.29) is 11.8 Å². The SMILES string of the molecule is CNC(=O)CCc1ccc(NC(=O)/C=C/c2ccccc2OC)cc1. The molecule has 25 heavy (non-hydrogen) atoms. The lowest BCUT2D eigenvalue weighted by Crippen LogP contribution is -2.17. The molecule has 2 rings (SSSR count). The van der Waals surface area contributed by atoms with E-state index in [1.165, 1.54) is 6.08 Å². The van der Waals surface area contributed by atoms with E-state index < -0.39 is 0 Å². The number of benzene rings is 2. The molecule has 2 amide bonds. The molecule has 0 atom stereocenters. The van der Waals surface area contributed by atoms with Crippen LogP contribution in [0.5, 0.6) is 5.75 Å². The predicted molar refractivity (Wildman–Crippen MR) is 99.5 cm³/mol. The maximum Gasteiger partial charge on any atom is 0.248 e. The van der Waals surface area contributed by atoms with E-state index in [9.17, 15) is 9.59 Å². The summed E-state index contributed by atoms with van der Waals surface area (Å²) < 4.78 is 5.25. The lowest BCUT2D eigenvalue weighted by molar-refractivity contribution is -0.120. The van der Waals surface area contributed by atoms with Crippen LogP contribution < -0.4 is 15.4 Å². The number of para-hydroxylation sites is 1. The highest BCUT2D eigenvalue weighted by molar-refractivity contribution is 6.02. The summed E-state index contributed by atoms with van der Waals surface area (Å²) in [4.78, 5) is 23.3. The molecule has 0 bridgehead atoms. The van der Waals surface area contributed by atoms with Crippen molar-refractivity contribution in [3.8, 4) is 5.75 Å². The fourth-order valence-electron chi connectivity index (χ4n) is 2.29. The minimum Gasteiger partial charge on any atom is -0.496 e. The molecule has 0 aliphatic heterocycles. The smallest absolute Gasteiger partial charge is 0.248 e. The monoisotopic (exact) mass is 338 g/mol. The lowest BCUT2D eigenvalue weighted by Gasteiger charge is -2.05. The number of nitrogens with one attached hydrogen (secondary N) is 2. The molecule has 0 aliphatic rings. The van der Waals surface area contributed by atoms with Gasteiger partial charge in [0.1, 0.15) is 5.75 Å². The van der Waals surface area contributed by atoms with E-state index in [4.69, 9.17) is 4.74 Å². The van der Waals surface area contributed by atoms with Gasteiger partial charge in [0.15, 0.2) is 0 Å². The molecule has 0 spiro atoms. The highest BCUT2D eigenvalue weighted by atomic mass is 16.5. The zero-order valence-electron chi connectivity index (χ0n) is 14.4. The number of anilines is 1. The number of carbonyl (C=O) groups is 2. The van der Waals surface area contributed by atoms with E-state index in [0.29, 0.717) is 24.3 Å². The third kappa shape index (κ3) is 5.80. The average Bonchev–Trinajstić information content (AvgIpc) is 2.65. The summed E-state index contributed by atoms with van der Waals surface area (Å²) in [6, 6.07) is 14.9. The molecule has 0 radical (unpaired) electrons. The van der Waals surface area contributed by atoms with Crippen LogP contribution in [-0.4, -0.2) is 26.0 Å². The van der Waals surface area contributed by atoms with Gasteiger partial charge in [-0.2, -0.15) is 0 Å². The molecule has 5 nitrogen and oxygen atoms in total. The van der Waals surface area contributed by atoms with Gasteiger partial charge in [0.05, 0.1) is 7.11 Å². The number of ether oxygens (including phenoxy) is 1. The first-order valence-electron chi connectivity index (χ1n) is 8.04. The van der Waals surface area contributed by atoms with Gasteiger partial charge >= 0.3 is 0 Å². The molecule has 0 heterocycles. The first kappa shape index (κ1) is 18.3. The van der Waals surface area contributed by atoms with Crippen molar-refractivity contribution < 1.29 is 14.3 Å². The van der Waals surface area contributed by atoms with Crippen LogP contribution in [0.4, 0.5) is 5.69 Å². The first-order chi connectivity index (χ1) is 12.1. The van der Waals surface area contributed by atoms with Crippen LogP contribution in [0, 0.1) is 0 Å². The van der Waals surface area contributed by atoms with Gasteiger partial charge < -0.3 is 15.4 Å². The molecule has 0 saturated carbocycles. The second-order valence-corrected chi connectivity index (χ2v) is 5.43. The average molecular weight is 338 g/mol. The number of carbonyl (C=O) groups excluding carboxylic acids is 2. The second-order valence-electron chi connectivity index (χ2n) is 5.43. The number of hydrogen-bond donors (Lipinski definition) is 2. The summed E-state index contributed by atoms with van der Waals surface area (Å²) in [6.45, 7) is 0. The molecule has 2 aromatic carbocycles.